The Hall–Kier alpha value is -4.08. The summed E-state index contributed by atoms with van der Waals surface area (Å²) < 4.78 is 79.7. The maximum atomic E-state index is 15.0. The van der Waals surface area contributed by atoms with Gasteiger partial charge in [0.05, 0.1) is 23.6 Å². The minimum absolute atomic E-state index is 0.0324. The lowest BCUT2D eigenvalue weighted by Gasteiger charge is -2.20. The van der Waals surface area contributed by atoms with Gasteiger partial charge in [0.25, 0.3) is 0 Å². The van der Waals surface area contributed by atoms with Crippen LogP contribution in [0.15, 0.2) is 53.4 Å². The molecule has 0 unspecified atom stereocenters. The number of benzene rings is 3. The number of carboxylic acids is 1. The van der Waals surface area contributed by atoms with E-state index in [0.29, 0.717) is 0 Å². The van der Waals surface area contributed by atoms with Crippen molar-refractivity contribution in [2.45, 2.75) is 11.4 Å². The van der Waals surface area contributed by atoms with Crippen LogP contribution < -0.4 is 9.47 Å². The highest BCUT2D eigenvalue weighted by Crippen LogP contribution is 2.35. The summed E-state index contributed by atoms with van der Waals surface area (Å²) in [5.41, 5.74) is -0.113. The van der Waals surface area contributed by atoms with Crippen LogP contribution in [0.25, 0.3) is 11.1 Å². The summed E-state index contributed by atoms with van der Waals surface area (Å²) in [6.45, 7) is -1.35. The predicted octanol–water partition coefficient (Wildman–Crippen LogP) is 3.94. The lowest BCUT2D eigenvalue weighted by atomic mass is 9.99. The highest BCUT2D eigenvalue weighted by molar-refractivity contribution is 7.89. The molecule has 0 aliphatic heterocycles. The number of nitriles is 1. The van der Waals surface area contributed by atoms with Gasteiger partial charge in [-0.1, -0.05) is 0 Å². The third-order valence-corrected chi connectivity index (χ3v) is 6.86. The number of hydrogen-bond acceptors (Lipinski definition) is 6. The fraction of sp³-hybridized carbons (Fsp3) is 0.167. The van der Waals surface area contributed by atoms with E-state index in [-0.39, 0.29) is 33.8 Å². The van der Waals surface area contributed by atoms with E-state index in [4.69, 9.17) is 19.8 Å². The van der Waals surface area contributed by atoms with Crippen molar-refractivity contribution in [2.75, 3.05) is 20.8 Å². The van der Waals surface area contributed by atoms with E-state index in [0.717, 1.165) is 47.8 Å². The zero-order valence-electron chi connectivity index (χ0n) is 19.0. The molecule has 188 valence electrons. The SMILES string of the molecule is COc1ccc(S(=O)(=O)N(C)Cc2cc(-c3cc(F)cc(C#N)c3)c(OCC(=O)O)cc2F)cc1F. The first kappa shape index (κ1) is 26.5. The van der Waals surface area contributed by atoms with Crippen molar-refractivity contribution in [1.29, 1.82) is 5.26 Å². The number of carbonyl (C=O) groups is 1. The fourth-order valence-corrected chi connectivity index (χ4v) is 4.49. The normalized spacial score (nSPS) is 11.2. The van der Waals surface area contributed by atoms with Gasteiger partial charge in [0.15, 0.2) is 18.2 Å². The molecule has 12 heteroatoms. The molecule has 3 rings (SSSR count). The molecular formula is C24H19F3N2O6S. The third-order valence-electron chi connectivity index (χ3n) is 5.06. The number of ether oxygens (including phenoxy) is 2. The van der Waals surface area contributed by atoms with Crippen molar-refractivity contribution in [2.24, 2.45) is 0 Å². The number of nitrogens with zero attached hydrogens (tertiary/aromatic N) is 2. The van der Waals surface area contributed by atoms with Crippen molar-refractivity contribution in [3.8, 4) is 28.7 Å². The molecule has 0 bridgehead atoms. The Labute approximate surface area is 204 Å². The number of carboxylic acid groups (broad SMARTS) is 1. The van der Waals surface area contributed by atoms with Gasteiger partial charge in [-0.25, -0.2) is 26.4 Å². The molecule has 0 aromatic heterocycles. The minimum atomic E-state index is -4.27. The maximum absolute atomic E-state index is 15.0. The number of aliphatic carboxylic acids is 1. The van der Waals surface area contributed by atoms with Crippen LogP contribution in [-0.2, 0) is 21.4 Å². The average molecular weight is 520 g/mol. The van der Waals surface area contributed by atoms with Crippen LogP contribution >= 0.6 is 0 Å². The molecule has 0 saturated heterocycles. The Balaban J connectivity index is 2.05. The Kier molecular flexibility index (Phi) is 7.87. The standard InChI is InChI=1S/C24H19F3N2O6S/c1-29(36(32,33)18-3-4-22(34-2)21(27)9-18)12-16-8-19(15-5-14(11-28)6-17(25)7-15)23(10-20(16)26)35-13-24(30)31/h3-10H,12-13H2,1-2H3,(H,30,31). The van der Waals surface area contributed by atoms with Gasteiger partial charge in [-0.15, -0.1) is 0 Å². The topological polar surface area (TPSA) is 117 Å². The molecule has 0 amide bonds. The molecule has 0 fully saturated rings. The molecule has 3 aromatic carbocycles. The highest BCUT2D eigenvalue weighted by atomic mass is 32.2. The lowest BCUT2D eigenvalue weighted by molar-refractivity contribution is -0.139. The van der Waals surface area contributed by atoms with Crippen LogP contribution in [0.1, 0.15) is 11.1 Å². The van der Waals surface area contributed by atoms with Crippen LogP contribution in [0, 0.1) is 28.8 Å². The molecule has 0 saturated carbocycles. The van der Waals surface area contributed by atoms with E-state index in [1.165, 1.54) is 19.2 Å². The van der Waals surface area contributed by atoms with Gasteiger partial charge in [-0.3, -0.25) is 0 Å². The van der Waals surface area contributed by atoms with Gasteiger partial charge in [-0.2, -0.15) is 9.57 Å². The zero-order valence-corrected chi connectivity index (χ0v) is 19.8. The molecule has 0 atom stereocenters. The Morgan fingerprint density at radius 2 is 1.78 bits per heavy atom. The first-order valence-corrected chi connectivity index (χ1v) is 11.6. The van der Waals surface area contributed by atoms with Gasteiger partial charge in [0, 0.05) is 30.8 Å². The second-order valence-corrected chi connectivity index (χ2v) is 9.56. The van der Waals surface area contributed by atoms with Crippen molar-refractivity contribution in [1.82, 2.24) is 4.31 Å². The molecule has 8 nitrogen and oxygen atoms in total. The molecule has 36 heavy (non-hydrogen) atoms. The summed E-state index contributed by atoms with van der Waals surface area (Å²) in [7, 11) is -1.89. The number of halogens is 3. The monoisotopic (exact) mass is 520 g/mol. The molecule has 3 aromatic rings. The number of methoxy groups -OCH3 is 1. The molecule has 0 radical (unpaired) electrons. The molecule has 0 heterocycles. The summed E-state index contributed by atoms with van der Waals surface area (Å²) in [5, 5.41) is 18.1. The number of sulfonamides is 1. The second kappa shape index (κ2) is 10.7. The summed E-state index contributed by atoms with van der Waals surface area (Å²) in [6, 6.07) is 10.1. The summed E-state index contributed by atoms with van der Waals surface area (Å²) in [6.07, 6.45) is 0. The fourth-order valence-electron chi connectivity index (χ4n) is 3.33. The van der Waals surface area contributed by atoms with Crippen LogP contribution in [0.3, 0.4) is 0 Å². The van der Waals surface area contributed by atoms with E-state index in [2.05, 4.69) is 0 Å². The molecule has 0 spiro atoms. The largest absolute Gasteiger partial charge is 0.494 e. The first-order chi connectivity index (χ1) is 17.0. The van der Waals surface area contributed by atoms with Crippen molar-refractivity contribution in [3.05, 3.63) is 77.1 Å². The Morgan fingerprint density at radius 3 is 2.39 bits per heavy atom. The maximum Gasteiger partial charge on any atom is 0.341 e. The van der Waals surface area contributed by atoms with Gasteiger partial charge in [-0.05, 0) is 48.0 Å². The average Bonchev–Trinajstić information content (AvgIpc) is 2.83. The van der Waals surface area contributed by atoms with Crippen molar-refractivity contribution in [3.63, 3.8) is 0 Å². The second-order valence-electron chi connectivity index (χ2n) is 7.52. The van der Waals surface area contributed by atoms with Crippen LogP contribution in [0.2, 0.25) is 0 Å². The van der Waals surface area contributed by atoms with E-state index in [1.807, 2.05) is 0 Å². The van der Waals surface area contributed by atoms with Crippen molar-refractivity contribution >= 4 is 16.0 Å². The molecule has 0 aliphatic carbocycles. The zero-order chi connectivity index (χ0) is 26.6. The van der Waals surface area contributed by atoms with Gasteiger partial charge in [0.1, 0.15) is 17.4 Å². The van der Waals surface area contributed by atoms with E-state index < -0.39 is 51.5 Å². The molecule has 0 aliphatic rings. The first-order valence-electron chi connectivity index (χ1n) is 10.1. The van der Waals surface area contributed by atoms with Gasteiger partial charge >= 0.3 is 5.97 Å². The predicted molar refractivity (Wildman–Crippen MR) is 121 cm³/mol. The molecular weight excluding hydrogens is 501 g/mol. The third kappa shape index (κ3) is 5.76. The van der Waals surface area contributed by atoms with Gasteiger partial charge < -0.3 is 14.6 Å². The quantitative estimate of drug-likeness (QED) is 0.454. The Morgan fingerprint density at radius 1 is 1.06 bits per heavy atom. The van der Waals surface area contributed by atoms with Crippen LogP contribution in [0.4, 0.5) is 13.2 Å². The van der Waals surface area contributed by atoms with Crippen LogP contribution in [0.5, 0.6) is 11.5 Å². The van der Waals surface area contributed by atoms with Crippen LogP contribution in [-0.4, -0.2) is 44.6 Å². The lowest BCUT2D eigenvalue weighted by Crippen LogP contribution is -2.27. The smallest absolute Gasteiger partial charge is 0.341 e. The van der Waals surface area contributed by atoms with E-state index in [9.17, 15) is 26.4 Å². The van der Waals surface area contributed by atoms with Gasteiger partial charge in [0.2, 0.25) is 10.0 Å². The van der Waals surface area contributed by atoms with E-state index >= 15 is 0 Å². The summed E-state index contributed by atoms with van der Waals surface area (Å²) in [4.78, 5) is 10.6. The molecule has 1 N–H and O–H groups in total. The summed E-state index contributed by atoms with van der Waals surface area (Å²) >= 11 is 0. The van der Waals surface area contributed by atoms with E-state index in [1.54, 1.807) is 6.07 Å². The van der Waals surface area contributed by atoms with Crippen molar-refractivity contribution < 1.29 is 41.0 Å². The Bertz CT molecular complexity index is 1470. The minimum Gasteiger partial charge on any atom is -0.494 e. The number of rotatable bonds is 9. The summed E-state index contributed by atoms with van der Waals surface area (Å²) in [5.74, 6) is -4.37. The highest BCUT2D eigenvalue weighted by Gasteiger charge is 2.25. The number of hydrogen-bond donors (Lipinski definition) is 1.